The van der Waals surface area contributed by atoms with E-state index >= 15 is 0 Å². The second-order valence-corrected chi connectivity index (χ2v) is 5.72. The molecule has 108 valence electrons. The maximum Gasteiger partial charge on any atom is 0.236 e. The molecule has 1 atom stereocenters. The van der Waals surface area contributed by atoms with Crippen molar-refractivity contribution >= 4 is 11.7 Å². The Morgan fingerprint density at radius 1 is 1.32 bits per heavy atom. The van der Waals surface area contributed by atoms with E-state index in [1.54, 1.807) is 0 Å². The third-order valence-electron chi connectivity index (χ3n) is 4.13. The lowest BCUT2D eigenvalue weighted by atomic mass is 9.98. The maximum absolute atomic E-state index is 12.2. The lowest BCUT2D eigenvalue weighted by Crippen LogP contribution is -2.47. The van der Waals surface area contributed by atoms with Crippen molar-refractivity contribution < 1.29 is 9.59 Å². The number of carbonyl (C=O) groups is 2. The minimum absolute atomic E-state index is 0.192. The van der Waals surface area contributed by atoms with Gasteiger partial charge in [-0.2, -0.15) is 0 Å². The summed E-state index contributed by atoms with van der Waals surface area (Å²) in [6.45, 7) is 4.83. The van der Waals surface area contributed by atoms with Crippen LogP contribution in [0.2, 0.25) is 0 Å². The van der Waals surface area contributed by atoms with Crippen LogP contribution in [0.5, 0.6) is 0 Å². The number of piperidine rings is 2. The van der Waals surface area contributed by atoms with Gasteiger partial charge < -0.3 is 10.2 Å². The van der Waals surface area contributed by atoms with Crippen LogP contribution in [0.15, 0.2) is 0 Å². The van der Waals surface area contributed by atoms with Crippen LogP contribution >= 0.6 is 0 Å². The summed E-state index contributed by atoms with van der Waals surface area (Å²) in [4.78, 5) is 27.5. The van der Waals surface area contributed by atoms with E-state index in [2.05, 4.69) is 10.2 Å². The van der Waals surface area contributed by atoms with Crippen molar-refractivity contribution in [1.29, 1.82) is 0 Å². The van der Waals surface area contributed by atoms with E-state index in [1.165, 1.54) is 12.8 Å². The molecule has 2 saturated heterocycles. The summed E-state index contributed by atoms with van der Waals surface area (Å²) in [5.41, 5.74) is 0. The van der Waals surface area contributed by atoms with Crippen LogP contribution in [0.25, 0.3) is 0 Å². The standard InChI is InChI=1S/C14H25N3O2/c1-15-9-12-3-2-6-16(10-12)11-14(19)17-7-4-13(18)5-8-17/h12,15H,2-11H2,1H3. The third-order valence-corrected chi connectivity index (χ3v) is 4.13. The molecule has 0 bridgehead atoms. The average molecular weight is 267 g/mol. The number of likely N-dealkylation sites (tertiary alicyclic amines) is 2. The van der Waals surface area contributed by atoms with Crippen molar-refractivity contribution in [2.75, 3.05) is 46.3 Å². The Morgan fingerprint density at radius 3 is 2.74 bits per heavy atom. The van der Waals surface area contributed by atoms with Crippen molar-refractivity contribution in [3.8, 4) is 0 Å². The molecular formula is C14H25N3O2. The largest absolute Gasteiger partial charge is 0.341 e. The fourth-order valence-corrected chi connectivity index (χ4v) is 3.05. The molecule has 2 aliphatic heterocycles. The van der Waals surface area contributed by atoms with Crippen LogP contribution in [-0.2, 0) is 9.59 Å². The van der Waals surface area contributed by atoms with Crippen LogP contribution in [0.4, 0.5) is 0 Å². The fraction of sp³-hybridized carbons (Fsp3) is 0.857. The molecule has 19 heavy (non-hydrogen) atoms. The van der Waals surface area contributed by atoms with E-state index in [1.807, 2.05) is 11.9 Å². The smallest absolute Gasteiger partial charge is 0.236 e. The number of nitrogens with zero attached hydrogens (tertiary/aromatic N) is 2. The first-order valence-electron chi connectivity index (χ1n) is 7.35. The normalized spacial score (nSPS) is 25.6. The Labute approximate surface area is 115 Å². The fourth-order valence-electron chi connectivity index (χ4n) is 3.05. The van der Waals surface area contributed by atoms with E-state index in [0.29, 0.717) is 38.4 Å². The second-order valence-electron chi connectivity index (χ2n) is 5.72. The molecule has 0 saturated carbocycles. The van der Waals surface area contributed by atoms with Gasteiger partial charge in [0.25, 0.3) is 0 Å². The van der Waals surface area contributed by atoms with Gasteiger partial charge in [-0.25, -0.2) is 0 Å². The lowest BCUT2D eigenvalue weighted by Gasteiger charge is -2.34. The van der Waals surface area contributed by atoms with Crippen molar-refractivity contribution in [2.45, 2.75) is 25.7 Å². The first-order chi connectivity index (χ1) is 9.19. The van der Waals surface area contributed by atoms with Crippen LogP contribution in [0, 0.1) is 5.92 Å². The zero-order chi connectivity index (χ0) is 13.7. The molecule has 5 heteroatoms. The van der Waals surface area contributed by atoms with Gasteiger partial charge in [0.15, 0.2) is 0 Å². The van der Waals surface area contributed by atoms with Gasteiger partial charge in [0, 0.05) is 32.5 Å². The Hall–Kier alpha value is -0.940. The molecule has 2 fully saturated rings. The van der Waals surface area contributed by atoms with Gasteiger partial charge in [-0.3, -0.25) is 14.5 Å². The van der Waals surface area contributed by atoms with Gasteiger partial charge in [-0.05, 0) is 38.9 Å². The Morgan fingerprint density at radius 2 is 2.05 bits per heavy atom. The number of hydrogen-bond donors (Lipinski definition) is 1. The molecule has 1 amide bonds. The predicted molar refractivity (Wildman–Crippen MR) is 73.9 cm³/mol. The van der Waals surface area contributed by atoms with Crippen molar-refractivity contribution in [2.24, 2.45) is 5.92 Å². The van der Waals surface area contributed by atoms with Crippen molar-refractivity contribution in [3.05, 3.63) is 0 Å². The number of ketones is 1. The van der Waals surface area contributed by atoms with E-state index in [4.69, 9.17) is 0 Å². The highest BCUT2D eigenvalue weighted by atomic mass is 16.2. The highest BCUT2D eigenvalue weighted by Crippen LogP contribution is 2.16. The van der Waals surface area contributed by atoms with Crippen LogP contribution in [0.1, 0.15) is 25.7 Å². The molecule has 1 N–H and O–H groups in total. The summed E-state index contributed by atoms with van der Waals surface area (Å²) in [6, 6.07) is 0. The monoisotopic (exact) mass is 267 g/mol. The molecule has 0 aliphatic carbocycles. The minimum Gasteiger partial charge on any atom is -0.341 e. The molecule has 0 aromatic carbocycles. The topological polar surface area (TPSA) is 52.7 Å². The van der Waals surface area contributed by atoms with Crippen molar-refractivity contribution in [1.82, 2.24) is 15.1 Å². The molecule has 1 unspecified atom stereocenters. The predicted octanol–water partition coefficient (Wildman–Crippen LogP) is 0.109. The molecule has 0 radical (unpaired) electrons. The van der Waals surface area contributed by atoms with Gasteiger partial charge in [0.05, 0.1) is 6.54 Å². The van der Waals surface area contributed by atoms with Gasteiger partial charge in [0.2, 0.25) is 5.91 Å². The molecule has 0 aromatic rings. The quantitative estimate of drug-likeness (QED) is 0.785. The van der Waals surface area contributed by atoms with Crippen LogP contribution < -0.4 is 5.32 Å². The summed E-state index contributed by atoms with van der Waals surface area (Å²) in [7, 11) is 1.98. The Bertz CT molecular complexity index is 321. The second kappa shape index (κ2) is 7.01. The van der Waals surface area contributed by atoms with Gasteiger partial charge in [0.1, 0.15) is 5.78 Å². The van der Waals surface area contributed by atoms with Crippen LogP contribution in [-0.4, -0.2) is 67.8 Å². The minimum atomic E-state index is 0.192. The zero-order valence-corrected chi connectivity index (χ0v) is 11.9. The number of Topliss-reactive ketones (excluding diaryl/α,β-unsaturated/α-hetero) is 1. The number of rotatable bonds is 4. The Kier molecular flexibility index (Phi) is 5.34. The van der Waals surface area contributed by atoms with Crippen molar-refractivity contribution in [3.63, 3.8) is 0 Å². The molecule has 2 rings (SSSR count). The molecule has 2 heterocycles. The SMILES string of the molecule is CNCC1CCCN(CC(=O)N2CCC(=O)CC2)C1. The first kappa shape index (κ1) is 14.5. The van der Waals surface area contributed by atoms with Gasteiger partial charge in [-0.15, -0.1) is 0 Å². The molecule has 0 spiro atoms. The maximum atomic E-state index is 12.2. The molecular weight excluding hydrogens is 242 g/mol. The number of amides is 1. The van der Waals surface area contributed by atoms with E-state index in [-0.39, 0.29) is 11.7 Å². The highest BCUT2D eigenvalue weighted by Gasteiger charge is 2.25. The Balaban J connectivity index is 1.76. The van der Waals surface area contributed by atoms with Gasteiger partial charge in [-0.1, -0.05) is 0 Å². The lowest BCUT2D eigenvalue weighted by molar-refractivity contribution is -0.135. The van der Waals surface area contributed by atoms with Crippen LogP contribution in [0.3, 0.4) is 0 Å². The first-order valence-corrected chi connectivity index (χ1v) is 7.35. The number of hydrogen-bond acceptors (Lipinski definition) is 4. The molecule has 0 aromatic heterocycles. The summed E-state index contributed by atoms with van der Waals surface area (Å²) in [5.74, 6) is 1.14. The molecule has 2 aliphatic rings. The summed E-state index contributed by atoms with van der Waals surface area (Å²) >= 11 is 0. The average Bonchev–Trinajstić information content (AvgIpc) is 2.40. The van der Waals surface area contributed by atoms with E-state index in [0.717, 1.165) is 19.6 Å². The zero-order valence-electron chi connectivity index (χ0n) is 11.9. The van der Waals surface area contributed by atoms with Gasteiger partial charge >= 0.3 is 0 Å². The van der Waals surface area contributed by atoms with E-state index < -0.39 is 0 Å². The third kappa shape index (κ3) is 4.28. The van der Waals surface area contributed by atoms with E-state index in [9.17, 15) is 9.59 Å². The summed E-state index contributed by atoms with van der Waals surface area (Å²) in [6.07, 6.45) is 3.50. The highest BCUT2D eigenvalue weighted by molar-refractivity contribution is 5.84. The summed E-state index contributed by atoms with van der Waals surface area (Å²) < 4.78 is 0. The summed E-state index contributed by atoms with van der Waals surface area (Å²) in [5, 5.41) is 3.22. The number of carbonyl (C=O) groups excluding carboxylic acids is 2. The molecule has 5 nitrogen and oxygen atoms in total. The number of nitrogens with one attached hydrogen (secondary N) is 1.